The Morgan fingerprint density at radius 2 is 1.03 bits per heavy atom. The highest BCUT2D eigenvalue weighted by Crippen LogP contribution is 2.14. The SMILES string of the molecule is CCCCCCCCCCCCC/C=C/[C@@H](O)[C@@H](N)C(O)C(=O)CCCCCCCCCCC. The van der Waals surface area contributed by atoms with Crippen molar-refractivity contribution >= 4 is 5.78 Å². The number of rotatable bonds is 26. The summed E-state index contributed by atoms with van der Waals surface area (Å²) < 4.78 is 0. The van der Waals surface area contributed by atoms with Crippen molar-refractivity contribution in [2.24, 2.45) is 5.73 Å². The zero-order valence-electron chi connectivity index (χ0n) is 22.8. The molecule has 4 N–H and O–H groups in total. The summed E-state index contributed by atoms with van der Waals surface area (Å²) in [4.78, 5) is 12.2. The Bertz CT molecular complexity index is 466. The van der Waals surface area contributed by atoms with Crippen LogP contribution >= 0.6 is 0 Å². The predicted octanol–water partition coefficient (Wildman–Crippen LogP) is 7.78. The Hall–Kier alpha value is -0.710. The van der Waals surface area contributed by atoms with Crippen LogP contribution in [0.25, 0.3) is 0 Å². The van der Waals surface area contributed by atoms with E-state index < -0.39 is 18.2 Å². The number of ketones is 1. The van der Waals surface area contributed by atoms with Crippen molar-refractivity contribution in [1.29, 1.82) is 0 Å². The van der Waals surface area contributed by atoms with Crippen molar-refractivity contribution in [2.45, 2.75) is 173 Å². The molecule has 0 aliphatic carbocycles. The first-order valence-corrected chi connectivity index (χ1v) is 14.9. The molecular weight excluding hydrogens is 422 g/mol. The van der Waals surface area contributed by atoms with Gasteiger partial charge in [0.15, 0.2) is 5.78 Å². The maximum absolute atomic E-state index is 12.2. The lowest BCUT2D eigenvalue weighted by molar-refractivity contribution is -0.129. The minimum atomic E-state index is -1.28. The van der Waals surface area contributed by atoms with Gasteiger partial charge in [-0.15, -0.1) is 0 Å². The van der Waals surface area contributed by atoms with Gasteiger partial charge >= 0.3 is 0 Å². The van der Waals surface area contributed by atoms with Gasteiger partial charge < -0.3 is 15.9 Å². The summed E-state index contributed by atoms with van der Waals surface area (Å²) in [5.74, 6) is -0.242. The molecule has 0 aromatic carbocycles. The average Bonchev–Trinajstić information content (AvgIpc) is 2.84. The van der Waals surface area contributed by atoms with Crippen LogP contribution in [0.1, 0.15) is 155 Å². The van der Waals surface area contributed by atoms with Crippen LogP contribution in [0.5, 0.6) is 0 Å². The van der Waals surface area contributed by atoms with Gasteiger partial charge in [0.25, 0.3) is 0 Å². The Kier molecular flexibility index (Phi) is 24.9. The number of allylic oxidation sites excluding steroid dienone is 1. The van der Waals surface area contributed by atoms with Crippen LogP contribution in [0.15, 0.2) is 12.2 Å². The van der Waals surface area contributed by atoms with Crippen molar-refractivity contribution in [3.8, 4) is 0 Å². The van der Waals surface area contributed by atoms with Gasteiger partial charge in [0.1, 0.15) is 6.10 Å². The van der Waals surface area contributed by atoms with E-state index in [1.807, 2.05) is 6.08 Å². The van der Waals surface area contributed by atoms with Crippen LogP contribution in [0.4, 0.5) is 0 Å². The van der Waals surface area contributed by atoms with Crippen LogP contribution in [0, 0.1) is 0 Å². The standard InChI is InChI=1S/C30H59NO3/c1-3-5-7-9-11-13-14-15-16-18-19-21-23-25-27(32)29(31)30(34)28(33)26-24-22-20-17-12-10-8-6-4-2/h23,25,27,29-30,32,34H,3-22,24,26,31H2,1-2H3/b25-23+/t27-,29-,30?/m1/s1. The van der Waals surface area contributed by atoms with E-state index in [9.17, 15) is 15.0 Å². The molecule has 0 saturated carbocycles. The lowest BCUT2D eigenvalue weighted by atomic mass is 9.97. The maximum Gasteiger partial charge on any atom is 0.162 e. The molecule has 4 nitrogen and oxygen atoms in total. The first-order chi connectivity index (χ1) is 16.5. The fourth-order valence-electron chi connectivity index (χ4n) is 4.45. The van der Waals surface area contributed by atoms with Crippen LogP contribution in [0.2, 0.25) is 0 Å². The first kappa shape index (κ1) is 33.3. The van der Waals surface area contributed by atoms with Crippen molar-refractivity contribution < 1.29 is 15.0 Å². The second-order valence-corrected chi connectivity index (χ2v) is 10.3. The monoisotopic (exact) mass is 481 g/mol. The first-order valence-electron chi connectivity index (χ1n) is 14.9. The van der Waals surface area contributed by atoms with Crippen LogP contribution < -0.4 is 5.73 Å². The Labute approximate surface area is 212 Å². The van der Waals surface area contributed by atoms with E-state index >= 15 is 0 Å². The Morgan fingerprint density at radius 1 is 0.647 bits per heavy atom. The molecule has 0 fully saturated rings. The number of nitrogens with two attached hydrogens (primary N) is 1. The second kappa shape index (κ2) is 25.4. The lowest BCUT2D eigenvalue weighted by Crippen LogP contribution is -2.47. The molecule has 0 rings (SSSR count). The van der Waals surface area contributed by atoms with Gasteiger partial charge in [0, 0.05) is 6.42 Å². The third kappa shape index (κ3) is 20.6. The van der Waals surface area contributed by atoms with Crippen LogP contribution in [0.3, 0.4) is 0 Å². The van der Waals surface area contributed by atoms with Crippen LogP contribution in [-0.2, 0) is 4.79 Å². The summed E-state index contributed by atoms with van der Waals surface area (Å²) in [7, 11) is 0. The van der Waals surface area contributed by atoms with Gasteiger partial charge in [-0.25, -0.2) is 0 Å². The lowest BCUT2D eigenvalue weighted by Gasteiger charge is -2.21. The number of carbonyl (C=O) groups excluding carboxylic acids is 1. The number of hydrogen-bond donors (Lipinski definition) is 3. The largest absolute Gasteiger partial charge is 0.387 e. The van der Waals surface area contributed by atoms with E-state index in [0.717, 1.165) is 32.1 Å². The third-order valence-electron chi connectivity index (χ3n) is 6.92. The number of hydrogen-bond acceptors (Lipinski definition) is 4. The van der Waals surface area contributed by atoms with E-state index in [0.29, 0.717) is 6.42 Å². The van der Waals surface area contributed by atoms with E-state index in [1.54, 1.807) is 6.08 Å². The molecule has 1 unspecified atom stereocenters. The van der Waals surface area contributed by atoms with Gasteiger partial charge in [0.2, 0.25) is 0 Å². The molecule has 34 heavy (non-hydrogen) atoms. The molecule has 0 aromatic rings. The zero-order valence-corrected chi connectivity index (χ0v) is 22.8. The quantitative estimate of drug-likeness (QED) is 0.0869. The van der Waals surface area contributed by atoms with Crippen LogP contribution in [-0.4, -0.2) is 34.2 Å². The van der Waals surface area contributed by atoms with E-state index in [1.165, 1.54) is 103 Å². The van der Waals surface area contributed by atoms with E-state index in [4.69, 9.17) is 5.73 Å². The minimum absolute atomic E-state index is 0.242. The van der Waals surface area contributed by atoms with Gasteiger partial charge in [-0.1, -0.05) is 142 Å². The molecule has 3 atom stereocenters. The van der Waals surface area contributed by atoms with Gasteiger partial charge in [-0.3, -0.25) is 4.79 Å². The van der Waals surface area contributed by atoms with Crippen molar-refractivity contribution in [1.82, 2.24) is 0 Å². The van der Waals surface area contributed by atoms with Crippen molar-refractivity contribution in [3.05, 3.63) is 12.2 Å². The van der Waals surface area contributed by atoms with Gasteiger partial charge in [-0.05, 0) is 19.3 Å². The predicted molar refractivity (Wildman–Crippen MR) is 147 cm³/mol. The maximum atomic E-state index is 12.2. The minimum Gasteiger partial charge on any atom is -0.387 e. The molecule has 4 heteroatoms. The number of aliphatic hydroxyl groups excluding tert-OH is 2. The normalized spacial score (nSPS) is 14.5. The summed E-state index contributed by atoms with van der Waals surface area (Å²) in [6.45, 7) is 4.49. The fourth-order valence-corrected chi connectivity index (χ4v) is 4.45. The molecule has 0 amide bonds. The number of aliphatic hydroxyl groups is 2. The molecule has 0 radical (unpaired) electrons. The smallest absolute Gasteiger partial charge is 0.162 e. The highest BCUT2D eigenvalue weighted by molar-refractivity contribution is 5.83. The second-order valence-electron chi connectivity index (χ2n) is 10.3. The fraction of sp³-hybridized carbons (Fsp3) is 0.900. The Morgan fingerprint density at radius 3 is 1.47 bits per heavy atom. The molecule has 0 saturated heterocycles. The average molecular weight is 482 g/mol. The van der Waals surface area contributed by atoms with E-state index in [2.05, 4.69) is 13.8 Å². The number of carbonyl (C=O) groups is 1. The third-order valence-corrected chi connectivity index (χ3v) is 6.92. The Balaban J connectivity index is 3.70. The summed E-state index contributed by atoms with van der Waals surface area (Å²) in [6, 6.07) is -0.945. The molecule has 0 aliphatic heterocycles. The van der Waals surface area contributed by atoms with Crippen molar-refractivity contribution in [2.75, 3.05) is 0 Å². The summed E-state index contributed by atoms with van der Waals surface area (Å²) >= 11 is 0. The zero-order chi connectivity index (χ0) is 25.3. The molecule has 0 aliphatic rings. The highest BCUT2D eigenvalue weighted by atomic mass is 16.3. The number of Topliss-reactive ketones (excluding diaryl/α,β-unsaturated/α-hetero) is 1. The molecule has 0 bridgehead atoms. The number of unbranched alkanes of at least 4 members (excludes halogenated alkanes) is 19. The topological polar surface area (TPSA) is 83.6 Å². The summed E-state index contributed by atoms with van der Waals surface area (Å²) in [5, 5.41) is 20.4. The van der Waals surface area contributed by atoms with Gasteiger partial charge in [-0.2, -0.15) is 0 Å². The van der Waals surface area contributed by atoms with Crippen molar-refractivity contribution in [3.63, 3.8) is 0 Å². The molecule has 202 valence electrons. The molecular formula is C30H59NO3. The molecule has 0 heterocycles. The highest BCUT2D eigenvalue weighted by Gasteiger charge is 2.26. The molecule has 0 spiro atoms. The molecule has 0 aromatic heterocycles. The van der Waals surface area contributed by atoms with Gasteiger partial charge in [0.05, 0.1) is 12.1 Å². The summed E-state index contributed by atoms with van der Waals surface area (Å²) in [6.07, 6.45) is 27.8. The summed E-state index contributed by atoms with van der Waals surface area (Å²) in [5.41, 5.74) is 5.95. The van der Waals surface area contributed by atoms with E-state index in [-0.39, 0.29) is 5.78 Å².